The number of carboxylic acids is 1. The first-order valence-corrected chi connectivity index (χ1v) is 6.67. The van der Waals surface area contributed by atoms with Crippen LogP contribution in [0.1, 0.15) is 19.8 Å². The minimum absolute atomic E-state index is 0.132. The summed E-state index contributed by atoms with van der Waals surface area (Å²) in [5, 5.41) is 11.8. The highest BCUT2D eigenvalue weighted by Gasteiger charge is 2.77. The Kier molecular flexibility index (Phi) is 4.16. The van der Waals surface area contributed by atoms with Crippen LogP contribution in [0.2, 0.25) is 0 Å². The van der Waals surface area contributed by atoms with Gasteiger partial charge in [0.25, 0.3) is 0 Å². The summed E-state index contributed by atoms with van der Waals surface area (Å²) in [4.78, 5) is 45.1. The number of amides is 2. The molecule has 1 saturated heterocycles. The quantitative estimate of drug-likeness (QED) is 0.384. The monoisotopic (exact) mass is 308 g/mol. The Hall–Kier alpha value is -2.45. The van der Waals surface area contributed by atoms with Gasteiger partial charge in [0.2, 0.25) is 11.8 Å². The van der Waals surface area contributed by atoms with Crippen molar-refractivity contribution in [3.63, 3.8) is 0 Å². The molecule has 1 fully saturated rings. The first-order valence-electron chi connectivity index (χ1n) is 6.67. The van der Waals surface area contributed by atoms with Crippen LogP contribution >= 0.6 is 0 Å². The first kappa shape index (κ1) is 15.9. The summed E-state index contributed by atoms with van der Waals surface area (Å²) in [6, 6.07) is 8.29. The van der Waals surface area contributed by atoms with Crippen LogP contribution in [0.15, 0.2) is 30.3 Å². The van der Waals surface area contributed by atoms with Crippen LogP contribution in [0.3, 0.4) is 0 Å². The van der Waals surface area contributed by atoms with Crippen molar-refractivity contribution in [2.75, 3.05) is 5.32 Å². The fourth-order valence-electron chi connectivity index (χ4n) is 2.40. The largest absolute Gasteiger partial charge is 0.477 e. The number of anilines is 1. The smallest absolute Gasteiger partial charge is 0.372 e. The van der Waals surface area contributed by atoms with Gasteiger partial charge in [-0.2, -0.15) is 9.78 Å². The number of hydrogen-bond acceptors (Lipinski definition) is 5. The van der Waals surface area contributed by atoms with Crippen molar-refractivity contribution >= 4 is 23.5 Å². The Labute approximate surface area is 126 Å². The molecule has 2 amide bonds. The van der Waals surface area contributed by atoms with Crippen LogP contribution < -0.4 is 11.1 Å². The Bertz CT molecular complexity index is 599. The average Bonchev–Trinajstić information content (AvgIpc) is 3.27. The number of nitrogens with two attached hydrogens (primary N) is 1. The highest BCUT2D eigenvalue weighted by molar-refractivity contribution is 6.14. The molecule has 8 heteroatoms. The van der Waals surface area contributed by atoms with E-state index in [2.05, 4.69) is 15.1 Å². The van der Waals surface area contributed by atoms with Gasteiger partial charge in [-0.15, -0.1) is 0 Å². The maximum Gasteiger partial charge on any atom is 0.372 e. The van der Waals surface area contributed by atoms with Gasteiger partial charge in [0.1, 0.15) is 0 Å². The molecule has 2 rings (SSSR count). The maximum atomic E-state index is 12.6. The zero-order chi connectivity index (χ0) is 16.4. The van der Waals surface area contributed by atoms with Crippen LogP contribution in [0.25, 0.3) is 0 Å². The average molecular weight is 308 g/mol. The third kappa shape index (κ3) is 2.32. The van der Waals surface area contributed by atoms with E-state index < -0.39 is 29.0 Å². The van der Waals surface area contributed by atoms with E-state index in [1.165, 1.54) is 0 Å². The molecule has 1 unspecified atom stereocenters. The van der Waals surface area contributed by atoms with Crippen LogP contribution in [0.4, 0.5) is 5.69 Å². The number of primary amides is 1. The SMILES string of the molecule is CCCC(C(N)=O)(C(=O)Nc1ccccc1)C1(C(=O)O)OO1. The van der Waals surface area contributed by atoms with Crippen molar-refractivity contribution in [3.8, 4) is 0 Å². The fourth-order valence-corrected chi connectivity index (χ4v) is 2.40. The number of aliphatic carboxylic acids is 1. The molecule has 0 radical (unpaired) electrons. The molecule has 0 aliphatic carbocycles. The van der Waals surface area contributed by atoms with E-state index in [-0.39, 0.29) is 6.42 Å². The van der Waals surface area contributed by atoms with E-state index in [4.69, 9.17) is 5.73 Å². The minimum atomic E-state index is -2.38. The summed E-state index contributed by atoms with van der Waals surface area (Å²) in [5.41, 5.74) is 3.59. The molecule has 0 bridgehead atoms. The number of rotatable bonds is 7. The molecule has 1 heterocycles. The van der Waals surface area contributed by atoms with E-state index in [1.807, 2.05) is 0 Å². The molecular weight excluding hydrogens is 292 g/mol. The second kappa shape index (κ2) is 5.74. The Balaban J connectivity index is 2.42. The third-order valence-electron chi connectivity index (χ3n) is 3.56. The molecular formula is C14H16N2O6. The maximum absolute atomic E-state index is 12.6. The minimum Gasteiger partial charge on any atom is -0.477 e. The van der Waals surface area contributed by atoms with E-state index in [0.717, 1.165) is 0 Å². The Morgan fingerprint density at radius 2 is 1.86 bits per heavy atom. The Morgan fingerprint density at radius 3 is 2.27 bits per heavy atom. The molecule has 1 atom stereocenters. The zero-order valence-corrected chi connectivity index (χ0v) is 11.9. The molecule has 22 heavy (non-hydrogen) atoms. The normalized spacial score (nSPS) is 18.0. The van der Waals surface area contributed by atoms with Gasteiger partial charge in [-0.25, -0.2) is 4.79 Å². The van der Waals surface area contributed by atoms with Crippen molar-refractivity contribution in [3.05, 3.63) is 30.3 Å². The lowest BCUT2D eigenvalue weighted by Crippen LogP contribution is -2.59. The van der Waals surface area contributed by atoms with E-state index in [9.17, 15) is 19.5 Å². The lowest BCUT2D eigenvalue weighted by Gasteiger charge is -2.29. The zero-order valence-electron chi connectivity index (χ0n) is 11.9. The van der Waals surface area contributed by atoms with E-state index in [1.54, 1.807) is 37.3 Å². The highest BCUT2D eigenvalue weighted by Crippen LogP contribution is 2.50. The van der Waals surface area contributed by atoms with Crippen LogP contribution in [0.5, 0.6) is 0 Å². The van der Waals surface area contributed by atoms with Crippen molar-refractivity contribution in [2.45, 2.75) is 25.6 Å². The predicted molar refractivity (Wildman–Crippen MR) is 74.1 cm³/mol. The lowest BCUT2D eigenvalue weighted by atomic mass is 9.74. The predicted octanol–water partition coefficient (Wildman–Crippen LogP) is 0.640. The molecule has 8 nitrogen and oxygen atoms in total. The number of carbonyl (C=O) groups is 3. The summed E-state index contributed by atoms with van der Waals surface area (Å²) in [7, 11) is 0. The summed E-state index contributed by atoms with van der Waals surface area (Å²) in [6.07, 6.45) is 0.195. The second-order valence-corrected chi connectivity index (χ2v) is 4.93. The summed E-state index contributed by atoms with van der Waals surface area (Å²) < 4.78 is 0. The number of nitrogens with one attached hydrogen (secondary N) is 1. The van der Waals surface area contributed by atoms with Gasteiger partial charge in [-0.05, 0) is 18.6 Å². The van der Waals surface area contributed by atoms with Gasteiger partial charge in [-0.1, -0.05) is 31.5 Å². The van der Waals surface area contributed by atoms with E-state index >= 15 is 0 Å². The molecule has 0 saturated carbocycles. The number of benzene rings is 1. The van der Waals surface area contributed by atoms with Crippen molar-refractivity contribution in [1.82, 2.24) is 0 Å². The third-order valence-corrected chi connectivity index (χ3v) is 3.56. The highest BCUT2D eigenvalue weighted by atomic mass is 17.4. The summed E-state index contributed by atoms with van der Waals surface area (Å²) in [5.74, 6) is -5.97. The fraction of sp³-hybridized carbons (Fsp3) is 0.357. The van der Waals surface area contributed by atoms with Crippen LogP contribution in [-0.2, 0) is 24.2 Å². The van der Waals surface area contributed by atoms with Gasteiger partial charge >= 0.3 is 11.8 Å². The molecule has 4 N–H and O–H groups in total. The van der Waals surface area contributed by atoms with Gasteiger partial charge in [0, 0.05) is 5.69 Å². The van der Waals surface area contributed by atoms with Gasteiger partial charge in [0.05, 0.1) is 0 Å². The van der Waals surface area contributed by atoms with Gasteiger partial charge < -0.3 is 16.2 Å². The molecule has 1 aromatic rings. The number of carboxylic acid groups (broad SMARTS) is 1. The molecule has 118 valence electrons. The summed E-state index contributed by atoms with van der Waals surface area (Å²) >= 11 is 0. The van der Waals surface area contributed by atoms with Gasteiger partial charge in [0.15, 0.2) is 5.41 Å². The lowest BCUT2D eigenvalue weighted by molar-refractivity contribution is -0.161. The van der Waals surface area contributed by atoms with Crippen molar-refractivity contribution in [1.29, 1.82) is 0 Å². The molecule has 0 spiro atoms. The van der Waals surface area contributed by atoms with Crippen molar-refractivity contribution < 1.29 is 29.3 Å². The molecule has 0 aromatic heterocycles. The number of carbonyl (C=O) groups excluding carboxylic acids is 2. The van der Waals surface area contributed by atoms with E-state index in [0.29, 0.717) is 12.1 Å². The van der Waals surface area contributed by atoms with Crippen molar-refractivity contribution in [2.24, 2.45) is 11.1 Å². The molecule has 1 aliphatic heterocycles. The topological polar surface area (TPSA) is 135 Å². The summed E-state index contributed by atoms with van der Waals surface area (Å²) in [6.45, 7) is 1.69. The molecule has 1 aromatic carbocycles. The number of para-hydroxylation sites is 1. The van der Waals surface area contributed by atoms with Crippen LogP contribution in [0, 0.1) is 5.41 Å². The standard InChI is InChI=1S/C14H16N2O6/c1-2-8-13(10(15)17,14(12(19)20)21-22-14)11(18)16-9-6-4-3-5-7-9/h3-7H,2,8H2,1H3,(H2,15,17)(H,16,18)(H,19,20). The first-order chi connectivity index (χ1) is 10.4. The second-order valence-electron chi connectivity index (χ2n) is 4.93. The number of hydrogen-bond donors (Lipinski definition) is 3. The Morgan fingerprint density at radius 1 is 1.27 bits per heavy atom. The molecule has 1 aliphatic rings. The van der Waals surface area contributed by atoms with Gasteiger partial charge in [-0.3, -0.25) is 9.59 Å². The van der Waals surface area contributed by atoms with Crippen LogP contribution in [-0.4, -0.2) is 28.7 Å².